The molecule has 3 aromatic rings. The highest BCUT2D eigenvalue weighted by Crippen LogP contribution is 2.34. The molecule has 172 valence electrons. The Balaban J connectivity index is 1.74. The van der Waals surface area contributed by atoms with Crippen molar-refractivity contribution in [1.29, 1.82) is 0 Å². The average molecular weight is 480 g/mol. The van der Waals surface area contributed by atoms with E-state index in [4.69, 9.17) is 4.74 Å². The van der Waals surface area contributed by atoms with E-state index in [2.05, 4.69) is 4.98 Å². The number of amides is 1. The summed E-state index contributed by atoms with van der Waals surface area (Å²) in [6.45, 7) is 1.06. The van der Waals surface area contributed by atoms with E-state index < -0.39 is 15.7 Å². The fourth-order valence-corrected chi connectivity index (χ4v) is 5.46. The molecule has 10 heteroatoms. The van der Waals surface area contributed by atoms with Gasteiger partial charge in [0.1, 0.15) is 17.1 Å². The van der Waals surface area contributed by atoms with Gasteiger partial charge in [0.25, 0.3) is 0 Å². The van der Waals surface area contributed by atoms with E-state index in [0.29, 0.717) is 29.5 Å². The quantitative estimate of drug-likeness (QED) is 0.414. The number of sulfone groups is 1. The van der Waals surface area contributed by atoms with Crippen LogP contribution in [-0.2, 0) is 14.6 Å². The Hall–Kier alpha value is -2.56. The molecular weight excluding hydrogens is 453 g/mol. The first-order valence-electron chi connectivity index (χ1n) is 10.1. The van der Waals surface area contributed by atoms with Gasteiger partial charge >= 0.3 is 0 Å². The van der Waals surface area contributed by atoms with Crippen LogP contribution in [0.1, 0.15) is 12.8 Å². The molecule has 0 saturated heterocycles. The van der Waals surface area contributed by atoms with Crippen LogP contribution in [0.3, 0.4) is 0 Å². The van der Waals surface area contributed by atoms with Crippen LogP contribution in [0.15, 0.2) is 47.4 Å². The monoisotopic (exact) mass is 479 g/mol. The van der Waals surface area contributed by atoms with Crippen molar-refractivity contribution in [3.63, 3.8) is 0 Å². The fourth-order valence-electron chi connectivity index (χ4n) is 3.13. The Morgan fingerprint density at radius 1 is 1.12 bits per heavy atom. The number of carbonyl (C=O) groups excluding carboxylic acids is 1. The van der Waals surface area contributed by atoms with Crippen LogP contribution in [0.4, 0.5) is 9.52 Å². The van der Waals surface area contributed by atoms with Gasteiger partial charge in [0.05, 0.1) is 22.5 Å². The zero-order valence-corrected chi connectivity index (χ0v) is 19.9. The SMILES string of the molecule is COc1cccc2sc(N(CCN(C)C)C(=O)CCCS(=O)(=O)c3ccc(F)cc3)nc12. The molecule has 2 aromatic carbocycles. The van der Waals surface area contributed by atoms with Crippen LogP contribution < -0.4 is 9.64 Å². The number of methoxy groups -OCH3 is 1. The van der Waals surface area contributed by atoms with Gasteiger partial charge in [-0.15, -0.1) is 0 Å². The van der Waals surface area contributed by atoms with Crippen molar-refractivity contribution < 1.29 is 22.3 Å². The van der Waals surface area contributed by atoms with Gasteiger partial charge in [-0.3, -0.25) is 9.69 Å². The Morgan fingerprint density at radius 3 is 2.50 bits per heavy atom. The number of halogens is 1. The third kappa shape index (κ3) is 5.81. The maximum Gasteiger partial charge on any atom is 0.228 e. The number of para-hydroxylation sites is 1. The maximum atomic E-state index is 13.1. The predicted molar refractivity (Wildman–Crippen MR) is 125 cm³/mol. The van der Waals surface area contributed by atoms with Crippen molar-refractivity contribution in [2.45, 2.75) is 17.7 Å². The highest BCUT2D eigenvalue weighted by molar-refractivity contribution is 7.91. The van der Waals surface area contributed by atoms with Crippen molar-refractivity contribution >= 4 is 42.4 Å². The molecule has 1 aromatic heterocycles. The number of ether oxygens (including phenoxy) is 1. The lowest BCUT2D eigenvalue weighted by Gasteiger charge is -2.22. The lowest BCUT2D eigenvalue weighted by atomic mass is 10.3. The molecule has 0 N–H and O–H groups in total. The molecule has 32 heavy (non-hydrogen) atoms. The van der Waals surface area contributed by atoms with Crippen LogP contribution in [0, 0.1) is 5.82 Å². The number of fused-ring (bicyclic) bond motifs is 1. The minimum absolute atomic E-state index is 0.0501. The minimum atomic E-state index is -3.59. The summed E-state index contributed by atoms with van der Waals surface area (Å²) in [4.78, 5) is 21.3. The minimum Gasteiger partial charge on any atom is -0.494 e. The molecule has 0 bridgehead atoms. The van der Waals surface area contributed by atoms with E-state index in [1.54, 1.807) is 12.0 Å². The second-order valence-electron chi connectivity index (χ2n) is 7.53. The summed E-state index contributed by atoms with van der Waals surface area (Å²) in [6, 6.07) is 10.3. The summed E-state index contributed by atoms with van der Waals surface area (Å²) < 4.78 is 44.3. The lowest BCUT2D eigenvalue weighted by Crippen LogP contribution is -2.36. The third-order valence-electron chi connectivity index (χ3n) is 4.87. The molecule has 0 atom stereocenters. The van der Waals surface area contributed by atoms with Gasteiger partial charge in [-0.25, -0.2) is 17.8 Å². The molecule has 0 spiro atoms. The van der Waals surface area contributed by atoms with Gasteiger partial charge in [-0.1, -0.05) is 17.4 Å². The highest BCUT2D eigenvalue weighted by atomic mass is 32.2. The number of carbonyl (C=O) groups is 1. The zero-order valence-electron chi connectivity index (χ0n) is 18.2. The molecule has 0 aliphatic carbocycles. The van der Waals surface area contributed by atoms with E-state index in [0.717, 1.165) is 16.8 Å². The van der Waals surface area contributed by atoms with Crippen molar-refractivity contribution in [2.75, 3.05) is 44.9 Å². The largest absolute Gasteiger partial charge is 0.494 e. The van der Waals surface area contributed by atoms with E-state index in [1.807, 2.05) is 37.2 Å². The molecule has 0 aliphatic heterocycles. The van der Waals surface area contributed by atoms with Gasteiger partial charge < -0.3 is 9.64 Å². The molecule has 0 fully saturated rings. The molecule has 0 saturated carbocycles. The highest BCUT2D eigenvalue weighted by Gasteiger charge is 2.22. The van der Waals surface area contributed by atoms with Gasteiger partial charge in [-0.2, -0.15) is 0 Å². The van der Waals surface area contributed by atoms with Crippen molar-refractivity contribution in [3.05, 3.63) is 48.3 Å². The van der Waals surface area contributed by atoms with Gasteiger partial charge in [0.2, 0.25) is 5.91 Å². The van der Waals surface area contributed by atoms with Gasteiger partial charge in [0, 0.05) is 19.5 Å². The summed E-state index contributed by atoms with van der Waals surface area (Å²) in [6.07, 6.45) is 0.214. The van der Waals surface area contributed by atoms with E-state index >= 15 is 0 Å². The summed E-state index contributed by atoms with van der Waals surface area (Å²) in [7, 11) is 1.81. The summed E-state index contributed by atoms with van der Waals surface area (Å²) in [5.74, 6) is -0.253. The number of hydrogen-bond acceptors (Lipinski definition) is 7. The number of nitrogens with zero attached hydrogens (tertiary/aromatic N) is 3. The predicted octanol–water partition coefficient (Wildman–Crippen LogP) is 3.59. The number of rotatable bonds is 10. The topological polar surface area (TPSA) is 79.8 Å². The summed E-state index contributed by atoms with van der Waals surface area (Å²) in [5, 5.41) is 0.553. The average Bonchev–Trinajstić information content (AvgIpc) is 3.17. The van der Waals surface area contributed by atoms with Crippen molar-refractivity contribution in [2.24, 2.45) is 0 Å². The third-order valence-corrected chi connectivity index (χ3v) is 7.73. The number of hydrogen-bond donors (Lipinski definition) is 0. The van der Waals surface area contributed by atoms with E-state index in [-0.39, 0.29) is 29.4 Å². The normalized spacial score (nSPS) is 11.8. The Morgan fingerprint density at radius 2 is 1.84 bits per heavy atom. The number of likely N-dealkylation sites (N-methyl/N-ethyl adjacent to an activating group) is 1. The maximum absolute atomic E-state index is 13.1. The molecule has 1 heterocycles. The van der Waals surface area contributed by atoms with Crippen LogP contribution in [0.25, 0.3) is 10.2 Å². The first-order chi connectivity index (χ1) is 15.2. The summed E-state index contributed by atoms with van der Waals surface area (Å²) >= 11 is 1.39. The molecule has 0 radical (unpaired) electrons. The second kappa shape index (κ2) is 10.4. The summed E-state index contributed by atoms with van der Waals surface area (Å²) in [5.41, 5.74) is 0.691. The smallest absolute Gasteiger partial charge is 0.228 e. The number of aromatic nitrogens is 1. The molecule has 1 amide bonds. The van der Waals surface area contributed by atoms with E-state index in [9.17, 15) is 17.6 Å². The Kier molecular flexibility index (Phi) is 7.81. The van der Waals surface area contributed by atoms with Crippen LogP contribution in [-0.4, -0.2) is 64.3 Å². The van der Waals surface area contributed by atoms with Crippen LogP contribution in [0.2, 0.25) is 0 Å². The van der Waals surface area contributed by atoms with E-state index in [1.165, 1.54) is 23.5 Å². The molecule has 0 aliphatic rings. The second-order valence-corrected chi connectivity index (χ2v) is 10.6. The van der Waals surface area contributed by atoms with Crippen LogP contribution >= 0.6 is 11.3 Å². The van der Waals surface area contributed by atoms with Gasteiger partial charge in [0.15, 0.2) is 15.0 Å². The Labute approximate surface area is 191 Å². The zero-order chi connectivity index (χ0) is 23.3. The molecule has 7 nitrogen and oxygen atoms in total. The van der Waals surface area contributed by atoms with Gasteiger partial charge in [-0.05, 0) is 56.9 Å². The van der Waals surface area contributed by atoms with Crippen molar-refractivity contribution in [3.8, 4) is 5.75 Å². The number of anilines is 1. The fraction of sp³-hybridized carbons (Fsp3) is 0.364. The molecule has 3 rings (SSSR count). The number of benzene rings is 2. The first kappa shape index (κ1) is 24.1. The lowest BCUT2D eigenvalue weighted by molar-refractivity contribution is -0.118. The standard InChI is InChI=1S/C22H26FN3O4S2/c1-25(2)13-14-26(22-24-21-18(30-3)6-4-7-19(21)31-22)20(27)8-5-15-32(28,29)17-11-9-16(23)10-12-17/h4,6-7,9-12H,5,8,13-15H2,1-3H3. The van der Waals surface area contributed by atoms with Crippen molar-refractivity contribution in [1.82, 2.24) is 9.88 Å². The molecule has 0 unspecified atom stereocenters. The number of thiazole rings is 1. The molecular formula is C22H26FN3O4S2. The van der Waals surface area contributed by atoms with Crippen LogP contribution in [0.5, 0.6) is 5.75 Å². The Bertz CT molecular complexity index is 1180. The first-order valence-corrected chi connectivity index (χ1v) is 12.5.